The summed E-state index contributed by atoms with van der Waals surface area (Å²) >= 11 is 6.82. The Labute approximate surface area is 108 Å². The minimum atomic E-state index is -3.46. The van der Waals surface area contributed by atoms with Crippen LogP contribution in [0.5, 0.6) is 0 Å². The van der Waals surface area contributed by atoms with Crippen molar-refractivity contribution in [2.45, 2.75) is 0 Å². The predicted molar refractivity (Wildman–Crippen MR) is 70.8 cm³/mol. The summed E-state index contributed by atoms with van der Waals surface area (Å²) in [5, 5.41) is 2.25. The van der Waals surface area contributed by atoms with Gasteiger partial charge in [0.1, 0.15) is 10.2 Å². The molecule has 0 atom stereocenters. The first-order chi connectivity index (χ1) is 8.11. The zero-order chi connectivity index (χ0) is 12.3. The van der Waals surface area contributed by atoms with E-state index < -0.39 is 15.2 Å². The van der Waals surface area contributed by atoms with Gasteiger partial charge in [-0.3, -0.25) is 4.72 Å². The van der Waals surface area contributed by atoms with E-state index >= 15 is 0 Å². The van der Waals surface area contributed by atoms with Crippen LogP contribution in [0.25, 0.3) is 10.6 Å². The molecule has 0 aliphatic heterocycles. The van der Waals surface area contributed by atoms with Gasteiger partial charge in [0.15, 0.2) is 0 Å². The normalized spacial score (nSPS) is 11.4. The van der Waals surface area contributed by atoms with Crippen LogP contribution >= 0.6 is 22.9 Å². The largest absolute Gasteiger partial charge is 0.283 e. The van der Waals surface area contributed by atoms with Crippen molar-refractivity contribution in [3.05, 3.63) is 35.8 Å². The maximum absolute atomic E-state index is 11.3. The second-order valence-corrected chi connectivity index (χ2v) is 6.45. The monoisotopic (exact) mass is 288 g/mol. The fourth-order valence-corrected chi connectivity index (χ4v) is 2.63. The van der Waals surface area contributed by atoms with Gasteiger partial charge in [0, 0.05) is 22.8 Å². The molecule has 1 heterocycles. The second kappa shape index (κ2) is 5.03. The third-order valence-corrected chi connectivity index (χ3v) is 4.48. The van der Waals surface area contributed by atoms with Gasteiger partial charge in [-0.15, -0.1) is 22.9 Å². The van der Waals surface area contributed by atoms with Crippen LogP contribution in [0.1, 0.15) is 0 Å². The maximum atomic E-state index is 11.3. The van der Waals surface area contributed by atoms with Gasteiger partial charge in [-0.1, -0.05) is 12.1 Å². The smallest absolute Gasteiger partial charge is 0.246 e. The molecule has 0 radical (unpaired) electrons. The quantitative estimate of drug-likeness (QED) is 0.880. The Morgan fingerprint density at radius 2 is 2.24 bits per heavy atom. The van der Waals surface area contributed by atoms with Crippen molar-refractivity contribution in [1.82, 2.24) is 4.98 Å². The average Bonchev–Trinajstić information content (AvgIpc) is 2.82. The second-order valence-electron chi connectivity index (χ2n) is 3.24. The summed E-state index contributed by atoms with van der Waals surface area (Å²) in [6, 6.07) is 7.03. The zero-order valence-electron chi connectivity index (χ0n) is 8.63. The first-order valence-electron chi connectivity index (χ1n) is 4.67. The van der Waals surface area contributed by atoms with E-state index in [2.05, 4.69) is 9.71 Å². The molecule has 0 saturated heterocycles. The fraction of sp³-hybridized carbons (Fsp3) is 0.100. The molecule has 0 spiro atoms. The number of thiazole rings is 1. The van der Waals surface area contributed by atoms with E-state index in [0.717, 1.165) is 10.6 Å². The molecule has 1 aromatic heterocycles. The number of alkyl halides is 1. The molecule has 0 aliphatic rings. The van der Waals surface area contributed by atoms with Crippen molar-refractivity contribution in [3.8, 4) is 10.6 Å². The van der Waals surface area contributed by atoms with E-state index in [-0.39, 0.29) is 0 Å². The molecule has 1 aromatic carbocycles. The van der Waals surface area contributed by atoms with Crippen LogP contribution in [0.4, 0.5) is 5.69 Å². The lowest BCUT2D eigenvalue weighted by Crippen LogP contribution is -2.13. The number of benzene rings is 1. The van der Waals surface area contributed by atoms with Gasteiger partial charge in [0.25, 0.3) is 0 Å². The Bertz CT molecular complexity index is 597. The van der Waals surface area contributed by atoms with Gasteiger partial charge in [-0.25, -0.2) is 13.4 Å². The van der Waals surface area contributed by atoms with Crippen molar-refractivity contribution < 1.29 is 8.42 Å². The van der Waals surface area contributed by atoms with Gasteiger partial charge in [0.05, 0.1) is 0 Å². The topological polar surface area (TPSA) is 59.1 Å². The van der Waals surface area contributed by atoms with Crippen LogP contribution in [0.3, 0.4) is 0 Å². The maximum Gasteiger partial charge on any atom is 0.246 e. The summed E-state index contributed by atoms with van der Waals surface area (Å²) < 4.78 is 25.0. The average molecular weight is 289 g/mol. The van der Waals surface area contributed by atoms with Crippen molar-refractivity contribution in [2.24, 2.45) is 0 Å². The molecule has 2 rings (SSSR count). The van der Waals surface area contributed by atoms with Gasteiger partial charge in [-0.2, -0.15) is 0 Å². The Morgan fingerprint density at radius 1 is 1.41 bits per heavy atom. The zero-order valence-corrected chi connectivity index (χ0v) is 11.0. The molecule has 0 bridgehead atoms. The Kier molecular flexibility index (Phi) is 3.66. The molecule has 0 saturated carbocycles. The first-order valence-corrected chi connectivity index (χ1v) is 7.74. The molecule has 0 aliphatic carbocycles. The van der Waals surface area contributed by atoms with Crippen molar-refractivity contribution in [3.63, 3.8) is 0 Å². The standard InChI is InChI=1S/C10H9ClN2O2S2/c11-7-17(14,15)13-9-3-1-2-8(6-9)10-12-4-5-16-10/h1-6,13H,7H2. The number of nitrogens with zero attached hydrogens (tertiary/aromatic N) is 1. The van der Waals surface area contributed by atoms with Crippen molar-refractivity contribution in [1.29, 1.82) is 0 Å². The summed E-state index contributed by atoms with van der Waals surface area (Å²) in [5.41, 5.74) is 1.35. The Balaban J connectivity index is 2.30. The predicted octanol–water partition coefficient (Wildman–Crippen LogP) is 2.75. The van der Waals surface area contributed by atoms with Gasteiger partial charge in [-0.05, 0) is 12.1 Å². The SMILES string of the molecule is O=S(=O)(CCl)Nc1cccc(-c2nccs2)c1. The van der Waals surface area contributed by atoms with Gasteiger partial charge in [0.2, 0.25) is 10.0 Å². The van der Waals surface area contributed by atoms with Gasteiger partial charge >= 0.3 is 0 Å². The highest BCUT2D eigenvalue weighted by Crippen LogP contribution is 2.24. The minimum Gasteiger partial charge on any atom is -0.283 e. The highest BCUT2D eigenvalue weighted by Gasteiger charge is 2.09. The highest BCUT2D eigenvalue weighted by molar-refractivity contribution is 7.93. The van der Waals surface area contributed by atoms with Crippen molar-refractivity contribution >= 4 is 38.6 Å². The van der Waals surface area contributed by atoms with E-state index in [1.54, 1.807) is 24.4 Å². The Morgan fingerprint density at radius 3 is 2.88 bits per heavy atom. The highest BCUT2D eigenvalue weighted by atomic mass is 35.5. The summed E-state index contributed by atoms with van der Waals surface area (Å²) in [4.78, 5) is 4.16. The van der Waals surface area contributed by atoms with Crippen molar-refractivity contribution in [2.75, 3.05) is 9.93 Å². The number of hydrogen-bond acceptors (Lipinski definition) is 4. The molecule has 0 unspecified atom stereocenters. The Hall–Kier alpha value is -1.11. The first kappa shape index (κ1) is 12.3. The number of hydrogen-bond donors (Lipinski definition) is 1. The van der Waals surface area contributed by atoms with Crippen LogP contribution in [-0.4, -0.2) is 18.6 Å². The van der Waals surface area contributed by atoms with Crippen LogP contribution in [-0.2, 0) is 10.0 Å². The number of nitrogens with one attached hydrogen (secondary N) is 1. The number of anilines is 1. The minimum absolute atomic E-state index is 0.464. The number of sulfonamides is 1. The van der Waals surface area contributed by atoms with E-state index in [4.69, 9.17) is 11.6 Å². The van der Waals surface area contributed by atoms with Crippen LogP contribution in [0, 0.1) is 0 Å². The molecule has 0 amide bonds. The third kappa shape index (κ3) is 3.18. The fourth-order valence-electron chi connectivity index (χ4n) is 1.29. The third-order valence-electron chi connectivity index (χ3n) is 1.96. The lowest BCUT2D eigenvalue weighted by molar-refractivity contribution is 0.605. The molecule has 90 valence electrons. The van der Waals surface area contributed by atoms with E-state index in [0.29, 0.717) is 5.69 Å². The summed E-state index contributed by atoms with van der Waals surface area (Å²) in [5.74, 6) is 0. The molecule has 7 heteroatoms. The van der Waals surface area contributed by atoms with Crippen LogP contribution < -0.4 is 4.72 Å². The molecular formula is C10H9ClN2O2S2. The summed E-state index contributed by atoms with van der Waals surface area (Å²) in [7, 11) is -3.46. The van der Waals surface area contributed by atoms with E-state index in [9.17, 15) is 8.42 Å². The molecule has 0 fully saturated rings. The molecule has 2 aromatic rings. The molecule has 1 N–H and O–H groups in total. The number of halogens is 1. The van der Waals surface area contributed by atoms with Crippen LogP contribution in [0.2, 0.25) is 0 Å². The van der Waals surface area contributed by atoms with Gasteiger partial charge < -0.3 is 0 Å². The molecule has 17 heavy (non-hydrogen) atoms. The lowest BCUT2D eigenvalue weighted by Gasteiger charge is -2.06. The molecular weight excluding hydrogens is 280 g/mol. The number of aromatic nitrogens is 1. The summed E-state index contributed by atoms with van der Waals surface area (Å²) in [6.07, 6.45) is 1.70. The van der Waals surface area contributed by atoms with E-state index in [1.807, 2.05) is 11.4 Å². The van der Waals surface area contributed by atoms with Crippen LogP contribution in [0.15, 0.2) is 35.8 Å². The summed E-state index contributed by atoms with van der Waals surface area (Å²) in [6.45, 7) is 0. The lowest BCUT2D eigenvalue weighted by atomic mass is 10.2. The molecule has 4 nitrogen and oxygen atoms in total. The number of rotatable bonds is 4. The van der Waals surface area contributed by atoms with E-state index in [1.165, 1.54) is 11.3 Å².